The molecular weight excluding hydrogens is 416 g/mol. The van der Waals surface area contributed by atoms with E-state index in [9.17, 15) is 5.11 Å². The number of thiol groups is 1. The lowest BCUT2D eigenvalue weighted by molar-refractivity contribution is 0.0451. The lowest BCUT2D eigenvalue weighted by Gasteiger charge is -2.25. The number of aryl methyl sites for hydroxylation is 2. The highest BCUT2D eigenvalue weighted by molar-refractivity contribution is 8.68. The summed E-state index contributed by atoms with van der Waals surface area (Å²) in [5, 5.41) is 16.4. The molecule has 0 aliphatic rings. The molecule has 160 valence electrons. The van der Waals surface area contributed by atoms with Crippen molar-refractivity contribution in [3.8, 4) is 0 Å². The molecule has 0 aliphatic carbocycles. The second-order valence-corrected chi connectivity index (χ2v) is 10.1. The van der Waals surface area contributed by atoms with Crippen LogP contribution in [0.5, 0.6) is 0 Å². The van der Waals surface area contributed by atoms with Gasteiger partial charge in [0.1, 0.15) is 0 Å². The fourth-order valence-electron chi connectivity index (χ4n) is 4.48. The van der Waals surface area contributed by atoms with E-state index in [4.69, 9.17) is 0 Å². The Labute approximate surface area is 194 Å². The number of hydrogen-bond donors (Lipinski definition) is 2. The van der Waals surface area contributed by atoms with E-state index in [1.54, 1.807) is 0 Å². The first-order chi connectivity index (χ1) is 15.0. The number of aliphatic hydroxyl groups is 1. The predicted octanol–water partition coefficient (Wildman–Crippen LogP) is 8.00. The van der Waals surface area contributed by atoms with E-state index >= 15 is 0 Å². The first-order valence-corrected chi connectivity index (χ1v) is 13.0. The van der Waals surface area contributed by atoms with Crippen molar-refractivity contribution >= 4 is 44.0 Å². The summed E-state index contributed by atoms with van der Waals surface area (Å²) in [5.41, 5.74) is 4.10. The fraction of sp³-hybridized carbons (Fsp3) is 0.286. The summed E-state index contributed by atoms with van der Waals surface area (Å²) in [7, 11) is 1.52. The Morgan fingerprint density at radius 3 is 2.48 bits per heavy atom. The van der Waals surface area contributed by atoms with Gasteiger partial charge in [0.2, 0.25) is 0 Å². The largest absolute Gasteiger partial charge is 0.385 e. The lowest BCUT2D eigenvalue weighted by atomic mass is 9.87. The van der Waals surface area contributed by atoms with Gasteiger partial charge in [-0.3, -0.25) is 0 Å². The van der Waals surface area contributed by atoms with E-state index < -0.39 is 5.60 Å². The van der Waals surface area contributed by atoms with Crippen molar-refractivity contribution in [3.63, 3.8) is 0 Å². The summed E-state index contributed by atoms with van der Waals surface area (Å²) in [4.78, 5) is 0. The van der Waals surface area contributed by atoms with E-state index in [1.165, 1.54) is 49.0 Å². The van der Waals surface area contributed by atoms with Crippen molar-refractivity contribution in [2.75, 3.05) is 0 Å². The maximum Gasteiger partial charge on any atom is 0.0868 e. The average Bonchev–Trinajstić information content (AvgIpc) is 2.77. The van der Waals surface area contributed by atoms with Crippen molar-refractivity contribution in [1.29, 1.82) is 0 Å². The Morgan fingerprint density at radius 1 is 0.871 bits per heavy atom. The van der Waals surface area contributed by atoms with Crippen molar-refractivity contribution in [1.82, 2.24) is 0 Å². The third-order valence-electron chi connectivity index (χ3n) is 6.33. The number of rotatable bonds is 8. The minimum Gasteiger partial charge on any atom is -0.385 e. The fourth-order valence-corrected chi connectivity index (χ4v) is 5.28. The van der Waals surface area contributed by atoms with E-state index in [1.807, 2.05) is 6.92 Å². The molecule has 0 saturated carbocycles. The van der Waals surface area contributed by atoms with Gasteiger partial charge in [0.15, 0.2) is 0 Å². The molecule has 31 heavy (non-hydrogen) atoms. The van der Waals surface area contributed by atoms with Crippen LogP contribution in [0.15, 0.2) is 72.8 Å². The monoisotopic (exact) mass is 446 g/mol. The summed E-state index contributed by atoms with van der Waals surface area (Å²) in [5.74, 6) is 0.828. The predicted molar refractivity (Wildman–Crippen MR) is 140 cm³/mol. The minimum absolute atomic E-state index is 0.755. The van der Waals surface area contributed by atoms with Gasteiger partial charge in [0.25, 0.3) is 0 Å². The molecule has 4 aromatic carbocycles. The van der Waals surface area contributed by atoms with Gasteiger partial charge < -0.3 is 5.11 Å². The highest BCUT2D eigenvalue weighted by atomic mass is 33.1. The van der Waals surface area contributed by atoms with Crippen LogP contribution in [0.3, 0.4) is 0 Å². The molecule has 0 radical (unpaired) electrons. The Hall–Kier alpha value is -1.94. The van der Waals surface area contributed by atoms with Gasteiger partial charge in [-0.05, 0) is 89.4 Å². The molecule has 0 heterocycles. The molecule has 0 saturated heterocycles. The molecule has 0 bridgehead atoms. The molecule has 4 rings (SSSR count). The van der Waals surface area contributed by atoms with Crippen LogP contribution in [-0.2, 0) is 17.8 Å². The highest BCUT2D eigenvalue weighted by Gasteiger charge is 2.23. The Balaban J connectivity index is 1.43. The first kappa shape index (κ1) is 22.3. The number of hydrogen-bond acceptors (Lipinski definition) is 3. The summed E-state index contributed by atoms with van der Waals surface area (Å²) < 4.78 is 0. The van der Waals surface area contributed by atoms with Crippen LogP contribution in [0.4, 0.5) is 0 Å². The maximum absolute atomic E-state index is 11.3. The molecule has 0 fully saturated rings. The zero-order valence-corrected chi connectivity index (χ0v) is 20.0. The number of fused-ring (bicyclic) bond motifs is 2. The second-order valence-electron chi connectivity index (χ2n) is 8.74. The van der Waals surface area contributed by atoms with E-state index in [0.717, 1.165) is 37.0 Å². The third kappa shape index (κ3) is 5.11. The molecule has 1 unspecified atom stereocenters. The van der Waals surface area contributed by atoms with Crippen molar-refractivity contribution in [2.45, 2.75) is 50.9 Å². The third-order valence-corrected chi connectivity index (χ3v) is 7.16. The normalized spacial score (nSPS) is 13.5. The van der Waals surface area contributed by atoms with Crippen LogP contribution >= 0.6 is 22.5 Å². The summed E-state index contributed by atoms with van der Waals surface area (Å²) in [6.45, 7) is 4.12. The summed E-state index contributed by atoms with van der Waals surface area (Å²) >= 11 is 4.35. The molecule has 0 spiro atoms. The first-order valence-electron chi connectivity index (χ1n) is 11.0. The summed E-state index contributed by atoms with van der Waals surface area (Å²) in [6.07, 6.45) is 3.85. The zero-order chi connectivity index (χ0) is 21.8. The maximum atomic E-state index is 11.3. The Bertz CT molecular complexity index is 1200. The van der Waals surface area contributed by atoms with Crippen molar-refractivity contribution < 1.29 is 5.11 Å². The molecule has 0 amide bonds. The molecule has 0 aromatic heterocycles. The SMILES string of the molecule is Cc1cccc2cc(CCCCC(C)(O)c3cc(CSS)c4ccccc4c3)ccc12. The van der Waals surface area contributed by atoms with Crippen LogP contribution < -0.4 is 0 Å². The molecule has 3 heteroatoms. The Morgan fingerprint density at radius 2 is 1.65 bits per heavy atom. The molecule has 1 N–H and O–H groups in total. The molecular formula is C28H30OS2. The molecule has 1 atom stereocenters. The van der Waals surface area contributed by atoms with Crippen LogP contribution in [0.1, 0.15) is 48.4 Å². The van der Waals surface area contributed by atoms with Gasteiger partial charge >= 0.3 is 0 Å². The zero-order valence-electron chi connectivity index (χ0n) is 18.3. The smallest absolute Gasteiger partial charge is 0.0868 e. The number of benzene rings is 4. The standard InChI is InChI=1S/C28H30OS2/c1-20-8-7-11-22-16-21(13-14-26(20)22)9-5-6-15-28(2,29)25-17-23-10-3-4-12-27(23)24(18-25)19-31-30/h3-4,7-8,10-14,16-18,29-30H,5-6,9,15,19H2,1-2H3. The van der Waals surface area contributed by atoms with E-state index in [-0.39, 0.29) is 0 Å². The lowest BCUT2D eigenvalue weighted by Crippen LogP contribution is -2.21. The molecule has 0 aliphatic heterocycles. The minimum atomic E-state index is -0.833. The van der Waals surface area contributed by atoms with Gasteiger partial charge in [-0.25, -0.2) is 0 Å². The highest BCUT2D eigenvalue weighted by Crippen LogP contribution is 2.33. The molecule has 1 nitrogen and oxygen atoms in total. The second kappa shape index (κ2) is 9.68. The van der Waals surface area contributed by atoms with Gasteiger partial charge in [-0.1, -0.05) is 77.5 Å². The van der Waals surface area contributed by atoms with Gasteiger partial charge in [0, 0.05) is 5.75 Å². The van der Waals surface area contributed by atoms with Crippen LogP contribution in [0.25, 0.3) is 21.5 Å². The van der Waals surface area contributed by atoms with Gasteiger partial charge in [-0.15, -0.1) is 11.7 Å². The van der Waals surface area contributed by atoms with Gasteiger partial charge in [-0.2, -0.15) is 0 Å². The van der Waals surface area contributed by atoms with Crippen LogP contribution in [-0.4, -0.2) is 5.11 Å². The summed E-state index contributed by atoms with van der Waals surface area (Å²) in [6, 6.07) is 26.0. The van der Waals surface area contributed by atoms with Crippen LogP contribution in [0.2, 0.25) is 0 Å². The Kier molecular flexibility index (Phi) is 6.95. The van der Waals surface area contributed by atoms with Crippen molar-refractivity contribution in [3.05, 3.63) is 95.1 Å². The number of unbranched alkanes of at least 4 members (excludes halogenated alkanes) is 1. The van der Waals surface area contributed by atoms with Crippen LogP contribution in [0, 0.1) is 6.92 Å². The topological polar surface area (TPSA) is 20.2 Å². The van der Waals surface area contributed by atoms with E-state index in [0.29, 0.717) is 0 Å². The quantitative estimate of drug-likeness (QED) is 0.162. The van der Waals surface area contributed by atoms with E-state index in [2.05, 4.69) is 91.4 Å². The van der Waals surface area contributed by atoms with Crippen molar-refractivity contribution in [2.24, 2.45) is 0 Å². The molecule has 4 aromatic rings. The van der Waals surface area contributed by atoms with Gasteiger partial charge in [0.05, 0.1) is 5.60 Å². The average molecular weight is 447 g/mol.